The fourth-order valence-electron chi connectivity index (χ4n) is 1.40. The number of hydrazone groups is 1. The van der Waals surface area contributed by atoms with Crippen molar-refractivity contribution in [2.24, 2.45) is 10.5 Å². The molecule has 0 bridgehead atoms. The standard InChI is InChI=1S/C9H19N3/c1-5-8-11-10-7-12(8)6-9(2,3)4/h10H,5-7H2,1-4H3. The Morgan fingerprint density at radius 2 is 2.17 bits per heavy atom. The molecule has 0 aromatic rings. The first-order valence-electron chi connectivity index (χ1n) is 4.57. The Hall–Kier alpha value is -0.730. The van der Waals surface area contributed by atoms with Gasteiger partial charge in [-0.3, -0.25) is 5.43 Å². The van der Waals surface area contributed by atoms with Crippen molar-refractivity contribution in [2.45, 2.75) is 34.1 Å². The van der Waals surface area contributed by atoms with Gasteiger partial charge in [0.15, 0.2) is 0 Å². The van der Waals surface area contributed by atoms with E-state index in [-0.39, 0.29) is 0 Å². The first-order chi connectivity index (χ1) is 5.53. The quantitative estimate of drug-likeness (QED) is 0.680. The van der Waals surface area contributed by atoms with Crippen LogP contribution in [0.5, 0.6) is 0 Å². The van der Waals surface area contributed by atoms with Gasteiger partial charge in [0.2, 0.25) is 0 Å². The lowest BCUT2D eigenvalue weighted by molar-refractivity contribution is 0.277. The van der Waals surface area contributed by atoms with E-state index in [0.29, 0.717) is 5.41 Å². The lowest BCUT2D eigenvalue weighted by Crippen LogP contribution is -2.36. The molecule has 12 heavy (non-hydrogen) atoms. The number of nitrogens with one attached hydrogen (secondary N) is 1. The average molecular weight is 169 g/mol. The number of hydrogen-bond donors (Lipinski definition) is 1. The van der Waals surface area contributed by atoms with Crippen molar-refractivity contribution in [1.82, 2.24) is 10.3 Å². The molecule has 0 aliphatic carbocycles. The molecule has 0 aromatic carbocycles. The van der Waals surface area contributed by atoms with Crippen LogP contribution in [-0.4, -0.2) is 23.9 Å². The third kappa shape index (κ3) is 2.40. The molecule has 0 fully saturated rings. The predicted octanol–water partition coefficient (Wildman–Crippen LogP) is 1.62. The lowest BCUT2D eigenvalue weighted by Gasteiger charge is -2.27. The summed E-state index contributed by atoms with van der Waals surface area (Å²) in [5, 5.41) is 4.21. The van der Waals surface area contributed by atoms with E-state index in [1.807, 2.05) is 0 Å². The molecule has 0 spiro atoms. The van der Waals surface area contributed by atoms with E-state index < -0.39 is 0 Å². The molecule has 0 amide bonds. The summed E-state index contributed by atoms with van der Waals surface area (Å²) in [6.07, 6.45) is 1.02. The maximum Gasteiger partial charge on any atom is 0.126 e. The van der Waals surface area contributed by atoms with Gasteiger partial charge in [0.25, 0.3) is 0 Å². The second-order valence-corrected chi connectivity index (χ2v) is 4.46. The van der Waals surface area contributed by atoms with Crippen LogP contribution in [-0.2, 0) is 0 Å². The minimum Gasteiger partial charge on any atom is -0.339 e. The van der Waals surface area contributed by atoms with E-state index in [2.05, 4.69) is 43.1 Å². The fourth-order valence-corrected chi connectivity index (χ4v) is 1.40. The average Bonchev–Trinajstić information content (AvgIpc) is 2.31. The van der Waals surface area contributed by atoms with Gasteiger partial charge in [-0.05, 0) is 5.41 Å². The smallest absolute Gasteiger partial charge is 0.126 e. The molecule has 0 atom stereocenters. The Morgan fingerprint density at radius 3 is 2.67 bits per heavy atom. The molecule has 1 aliphatic rings. The molecule has 1 aliphatic heterocycles. The number of hydrogen-bond acceptors (Lipinski definition) is 3. The Balaban J connectivity index is 2.49. The predicted molar refractivity (Wildman–Crippen MR) is 51.9 cm³/mol. The van der Waals surface area contributed by atoms with Gasteiger partial charge in [0.05, 0.1) is 0 Å². The Morgan fingerprint density at radius 1 is 1.50 bits per heavy atom. The molecule has 3 nitrogen and oxygen atoms in total. The van der Waals surface area contributed by atoms with Crippen LogP contribution in [0.3, 0.4) is 0 Å². The molecule has 3 heteroatoms. The summed E-state index contributed by atoms with van der Waals surface area (Å²) >= 11 is 0. The van der Waals surface area contributed by atoms with Crippen molar-refractivity contribution in [2.75, 3.05) is 13.2 Å². The van der Waals surface area contributed by atoms with Crippen molar-refractivity contribution in [3.05, 3.63) is 0 Å². The highest BCUT2D eigenvalue weighted by Gasteiger charge is 2.21. The zero-order valence-corrected chi connectivity index (χ0v) is 8.52. The van der Waals surface area contributed by atoms with Crippen molar-refractivity contribution in [3.63, 3.8) is 0 Å². The second kappa shape index (κ2) is 3.33. The lowest BCUT2D eigenvalue weighted by atomic mass is 9.96. The van der Waals surface area contributed by atoms with E-state index in [0.717, 1.165) is 19.6 Å². The Kier molecular flexibility index (Phi) is 2.60. The topological polar surface area (TPSA) is 27.6 Å². The summed E-state index contributed by atoms with van der Waals surface area (Å²) in [7, 11) is 0. The molecule has 70 valence electrons. The third-order valence-electron chi connectivity index (χ3n) is 1.82. The maximum absolute atomic E-state index is 4.21. The van der Waals surface area contributed by atoms with Crippen LogP contribution in [0.2, 0.25) is 0 Å². The summed E-state index contributed by atoms with van der Waals surface area (Å²) in [6, 6.07) is 0. The highest BCUT2D eigenvalue weighted by molar-refractivity contribution is 5.82. The van der Waals surface area contributed by atoms with Crippen molar-refractivity contribution < 1.29 is 0 Å². The molecular formula is C9H19N3. The van der Waals surface area contributed by atoms with Crippen molar-refractivity contribution in [1.29, 1.82) is 0 Å². The molecule has 0 radical (unpaired) electrons. The molecule has 0 aromatic heterocycles. The van der Waals surface area contributed by atoms with Crippen molar-refractivity contribution in [3.8, 4) is 0 Å². The Bertz CT molecular complexity index is 179. The summed E-state index contributed by atoms with van der Waals surface area (Å²) in [5.74, 6) is 1.19. The summed E-state index contributed by atoms with van der Waals surface area (Å²) < 4.78 is 0. The van der Waals surface area contributed by atoms with Crippen LogP contribution in [0.15, 0.2) is 5.10 Å². The minimum atomic E-state index is 0.349. The zero-order valence-electron chi connectivity index (χ0n) is 8.52. The first-order valence-corrected chi connectivity index (χ1v) is 4.57. The number of nitrogens with zero attached hydrogens (tertiary/aromatic N) is 2. The molecule has 1 rings (SSSR count). The van der Waals surface area contributed by atoms with Crippen LogP contribution < -0.4 is 5.43 Å². The van der Waals surface area contributed by atoms with Crippen molar-refractivity contribution >= 4 is 5.84 Å². The van der Waals surface area contributed by atoms with Crippen LogP contribution >= 0.6 is 0 Å². The van der Waals surface area contributed by atoms with E-state index in [9.17, 15) is 0 Å². The van der Waals surface area contributed by atoms with Gasteiger partial charge < -0.3 is 4.90 Å². The van der Waals surface area contributed by atoms with E-state index in [1.54, 1.807) is 0 Å². The van der Waals surface area contributed by atoms with E-state index >= 15 is 0 Å². The van der Waals surface area contributed by atoms with Gasteiger partial charge in [-0.15, -0.1) is 0 Å². The molecule has 1 heterocycles. The molecule has 0 saturated carbocycles. The van der Waals surface area contributed by atoms with Crippen LogP contribution in [0.1, 0.15) is 34.1 Å². The number of rotatable bonds is 2. The largest absolute Gasteiger partial charge is 0.339 e. The Labute approximate surface area is 74.8 Å². The van der Waals surface area contributed by atoms with E-state index in [1.165, 1.54) is 5.84 Å². The van der Waals surface area contributed by atoms with Gasteiger partial charge in [-0.1, -0.05) is 27.7 Å². The summed E-state index contributed by atoms with van der Waals surface area (Å²) in [4.78, 5) is 2.31. The monoisotopic (exact) mass is 169 g/mol. The van der Waals surface area contributed by atoms with Crippen LogP contribution in [0.25, 0.3) is 0 Å². The molecule has 0 saturated heterocycles. The highest BCUT2D eigenvalue weighted by Crippen LogP contribution is 2.16. The van der Waals surface area contributed by atoms with Gasteiger partial charge >= 0.3 is 0 Å². The molecule has 1 N–H and O–H groups in total. The normalized spacial score (nSPS) is 17.7. The maximum atomic E-state index is 4.21. The first kappa shape index (κ1) is 9.36. The van der Waals surface area contributed by atoms with Crippen LogP contribution in [0, 0.1) is 5.41 Å². The highest BCUT2D eigenvalue weighted by atomic mass is 15.5. The third-order valence-corrected chi connectivity index (χ3v) is 1.82. The minimum absolute atomic E-state index is 0.349. The fraction of sp³-hybridized carbons (Fsp3) is 0.889. The number of amidine groups is 1. The van der Waals surface area contributed by atoms with Gasteiger partial charge in [0.1, 0.15) is 12.5 Å². The SMILES string of the molecule is CCC1=NNCN1CC(C)(C)C. The zero-order chi connectivity index (χ0) is 9.19. The molecule has 0 unspecified atom stereocenters. The van der Waals surface area contributed by atoms with E-state index in [4.69, 9.17) is 0 Å². The van der Waals surface area contributed by atoms with Gasteiger partial charge in [0, 0.05) is 13.0 Å². The summed E-state index contributed by atoms with van der Waals surface area (Å²) in [6.45, 7) is 10.8. The second-order valence-electron chi connectivity index (χ2n) is 4.46. The summed E-state index contributed by atoms with van der Waals surface area (Å²) in [5.41, 5.74) is 3.36. The van der Waals surface area contributed by atoms with Crippen LogP contribution in [0.4, 0.5) is 0 Å². The molecular weight excluding hydrogens is 150 g/mol. The van der Waals surface area contributed by atoms with Gasteiger partial charge in [-0.25, -0.2) is 0 Å². The van der Waals surface area contributed by atoms with Gasteiger partial charge in [-0.2, -0.15) is 5.10 Å².